The lowest BCUT2D eigenvalue weighted by atomic mass is 10.2. The maximum absolute atomic E-state index is 12.0. The highest BCUT2D eigenvalue weighted by atomic mass is 32.1. The van der Waals surface area contributed by atoms with E-state index in [-0.39, 0.29) is 5.69 Å². The molecule has 2 aromatic heterocycles. The Morgan fingerprint density at radius 2 is 2.13 bits per heavy atom. The van der Waals surface area contributed by atoms with E-state index >= 15 is 0 Å². The number of benzene rings is 1. The first-order chi connectivity index (χ1) is 11.1. The Morgan fingerprint density at radius 1 is 1.35 bits per heavy atom. The molecule has 1 atom stereocenters. The summed E-state index contributed by atoms with van der Waals surface area (Å²) in [6, 6.07) is 7.95. The normalized spacial score (nSPS) is 12.2. The highest BCUT2D eigenvalue weighted by Crippen LogP contribution is 2.29. The van der Waals surface area contributed by atoms with Gasteiger partial charge in [-0.3, -0.25) is 4.79 Å². The summed E-state index contributed by atoms with van der Waals surface area (Å²) in [5, 5.41) is 22.9. The fourth-order valence-corrected chi connectivity index (χ4v) is 2.75. The Morgan fingerprint density at radius 3 is 2.83 bits per heavy atom. The van der Waals surface area contributed by atoms with Crippen LogP contribution in [0.2, 0.25) is 0 Å². The van der Waals surface area contributed by atoms with Gasteiger partial charge in [-0.1, -0.05) is 18.2 Å². The van der Waals surface area contributed by atoms with Crippen LogP contribution >= 0.6 is 11.3 Å². The van der Waals surface area contributed by atoms with Gasteiger partial charge in [0, 0.05) is 10.8 Å². The highest BCUT2D eigenvalue weighted by Gasteiger charge is 2.21. The van der Waals surface area contributed by atoms with E-state index < -0.39 is 24.5 Å². The molecule has 3 rings (SSSR count). The average Bonchev–Trinajstić information content (AvgIpc) is 3.17. The number of thiazole rings is 1. The number of aliphatic hydroxyl groups excluding tert-OH is 1. The second kappa shape index (κ2) is 6.19. The van der Waals surface area contributed by atoms with Crippen LogP contribution in [0.1, 0.15) is 10.5 Å². The van der Waals surface area contributed by atoms with E-state index in [4.69, 9.17) is 14.6 Å². The quantitative estimate of drug-likeness (QED) is 0.656. The molecule has 3 aromatic rings. The summed E-state index contributed by atoms with van der Waals surface area (Å²) in [5.74, 6) is -1.44. The van der Waals surface area contributed by atoms with Gasteiger partial charge in [0.25, 0.3) is 5.91 Å². The topological polar surface area (TPSA) is 113 Å². The number of nitrogens with zero attached hydrogens (tertiary/aromatic N) is 1. The van der Waals surface area contributed by atoms with Crippen LogP contribution in [0.3, 0.4) is 0 Å². The van der Waals surface area contributed by atoms with Crippen molar-refractivity contribution in [3.05, 3.63) is 41.4 Å². The zero-order valence-electron chi connectivity index (χ0n) is 11.7. The molecular weight excluding hydrogens is 320 g/mol. The van der Waals surface area contributed by atoms with Gasteiger partial charge < -0.3 is 19.9 Å². The Labute approximate surface area is 134 Å². The van der Waals surface area contributed by atoms with Gasteiger partial charge in [0.1, 0.15) is 11.3 Å². The Hall–Kier alpha value is -2.71. The molecule has 2 heterocycles. The van der Waals surface area contributed by atoms with E-state index in [1.165, 1.54) is 16.7 Å². The van der Waals surface area contributed by atoms with Crippen molar-refractivity contribution in [3.63, 3.8) is 0 Å². The molecular formula is C15H12N2O5S. The molecule has 0 aliphatic heterocycles. The number of aliphatic carboxylic acids is 1. The van der Waals surface area contributed by atoms with Crippen molar-refractivity contribution in [1.82, 2.24) is 10.3 Å². The van der Waals surface area contributed by atoms with E-state index in [0.29, 0.717) is 10.8 Å². The van der Waals surface area contributed by atoms with Gasteiger partial charge in [0.05, 0.1) is 6.61 Å². The summed E-state index contributed by atoms with van der Waals surface area (Å²) < 4.78 is 5.67. The second-order valence-corrected chi connectivity index (χ2v) is 5.59. The SMILES string of the molecule is O=C(N[C@@H](CO)C(=O)O)c1csc(-c2cc3ccccc3o2)n1. The maximum atomic E-state index is 12.0. The lowest BCUT2D eigenvalue weighted by Gasteiger charge is -2.09. The number of fused-ring (bicyclic) bond motifs is 1. The molecule has 7 nitrogen and oxygen atoms in total. The van der Waals surface area contributed by atoms with Crippen LogP contribution in [-0.2, 0) is 4.79 Å². The van der Waals surface area contributed by atoms with Crippen molar-refractivity contribution in [2.24, 2.45) is 0 Å². The van der Waals surface area contributed by atoms with Gasteiger partial charge in [-0.25, -0.2) is 9.78 Å². The minimum absolute atomic E-state index is 0.0742. The molecule has 0 spiro atoms. The molecule has 8 heteroatoms. The summed E-state index contributed by atoms with van der Waals surface area (Å²) in [6.45, 7) is -0.693. The van der Waals surface area contributed by atoms with Gasteiger partial charge in [0.15, 0.2) is 16.8 Å². The van der Waals surface area contributed by atoms with Gasteiger partial charge >= 0.3 is 5.97 Å². The van der Waals surface area contributed by atoms with Crippen molar-refractivity contribution in [1.29, 1.82) is 0 Å². The molecule has 0 bridgehead atoms. The number of furan rings is 1. The van der Waals surface area contributed by atoms with Crippen LogP contribution in [0.4, 0.5) is 0 Å². The lowest BCUT2D eigenvalue weighted by molar-refractivity contribution is -0.140. The Bertz CT molecular complexity index is 837. The standard InChI is InChI=1S/C15H12N2O5S/c18-6-9(15(20)21)16-13(19)10-7-23-14(17-10)12-5-8-3-1-2-4-11(8)22-12/h1-5,7,9,18H,6H2,(H,16,19)(H,20,21)/t9-/m0/s1. The van der Waals surface area contributed by atoms with E-state index in [0.717, 1.165) is 11.0 Å². The molecule has 23 heavy (non-hydrogen) atoms. The number of amides is 1. The molecule has 3 N–H and O–H groups in total. The van der Waals surface area contributed by atoms with Crippen LogP contribution < -0.4 is 5.32 Å². The number of carboxylic acid groups (broad SMARTS) is 1. The van der Waals surface area contributed by atoms with Crippen molar-refractivity contribution >= 4 is 34.2 Å². The van der Waals surface area contributed by atoms with Crippen LogP contribution in [-0.4, -0.2) is 39.7 Å². The number of aromatic nitrogens is 1. The number of hydrogen-bond acceptors (Lipinski definition) is 6. The summed E-state index contributed by atoms with van der Waals surface area (Å²) >= 11 is 1.21. The Balaban J connectivity index is 1.82. The molecule has 0 aliphatic rings. The van der Waals surface area contributed by atoms with Crippen LogP contribution in [0.25, 0.3) is 21.7 Å². The van der Waals surface area contributed by atoms with Crippen molar-refractivity contribution < 1.29 is 24.2 Å². The largest absolute Gasteiger partial charge is 0.480 e. The fourth-order valence-electron chi connectivity index (χ4n) is 2.00. The van der Waals surface area contributed by atoms with Crippen LogP contribution in [0.15, 0.2) is 40.1 Å². The van der Waals surface area contributed by atoms with Crippen molar-refractivity contribution in [2.75, 3.05) is 6.61 Å². The van der Waals surface area contributed by atoms with Gasteiger partial charge in [0.2, 0.25) is 0 Å². The van der Waals surface area contributed by atoms with Crippen molar-refractivity contribution in [3.8, 4) is 10.8 Å². The predicted molar refractivity (Wildman–Crippen MR) is 83.3 cm³/mol. The first kappa shape index (κ1) is 15.2. The third kappa shape index (κ3) is 3.08. The van der Waals surface area contributed by atoms with Crippen LogP contribution in [0, 0.1) is 0 Å². The molecule has 0 radical (unpaired) electrons. The second-order valence-electron chi connectivity index (χ2n) is 4.73. The maximum Gasteiger partial charge on any atom is 0.328 e. The molecule has 1 amide bonds. The van der Waals surface area contributed by atoms with E-state index in [9.17, 15) is 9.59 Å². The number of hydrogen-bond donors (Lipinski definition) is 3. The van der Waals surface area contributed by atoms with E-state index in [1.54, 1.807) is 0 Å². The molecule has 0 saturated heterocycles. The molecule has 0 saturated carbocycles. The minimum atomic E-state index is -1.36. The molecule has 0 unspecified atom stereocenters. The molecule has 0 aliphatic carbocycles. The monoisotopic (exact) mass is 332 g/mol. The fraction of sp³-hybridized carbons (Fsp3) is 0.133. The average molecular weight is 332 g/mol. The number of para-hydroxylation sites is 1. The number of rotatable bonds is 5. The number of carbonyl (C=O) groups is 2. The number of carboxylic acids is 1. The summed E-state index contributed by atoms with van der Waals surface area (Å²) in [4.78, 5) is 26.9. The van der Waals surface area contributed by atoms with E-state index in [1.807, 2.05) is 30.3 Å². The first-order valence-corrected chi connectivity index (χ1v) is 7.55. The summed E-state index contributed by atoms with van der Waals surface area (Å²) in [5.41, 5.74) is 0.792. The smallest absolute Gasteiger partial charge is 0.328 e. The predicted octanol–water partition coefficient (Wildman–Crippen LogP) is 1.73. The van der Waals surface area contributed by atoms with Crippen LogP contribution in [0.5, 0.6) is 0 Å². The van der Waals surface area contributed by atoms with E-state index in [2.05, 4.69) is 10.3 Å². The van der Waals surface area contributed by atoms with Gasteiger partial charge in [-0.2, -0.15) is 0 Å². The van der Waals surface area contributed by atoms with Gasteiger partial charge in [-0.15, -0.1) is 11.3 Å². The number of nitrogens with one attached hydrogen (secondary N) is 1. The van der Waals surface area contributed by atoms with Gasteiger partial charge in [-0.05, 0) is 12.1 Å². The lowest BCUT2D eigenvalue weighted by Crippen LogP contribution is -2.43. The number of aliphatic hydroxyl groups is 1. The first-order valence-electron chi connectivity index (χ1n) is 6.67. The zero-order valence-corrected chi connectivity index (χ0v) is 12.5. The Kier molecular flexibility index (Phi) is 4.09. The summed E-state index contributed by atoms with van der Waals surface area (Å²) in [6.07, 6.45) is 0. The zero-order chi connectivity index (χ0) is 16.4. The highest BCUT2D eigenvalue weighted by molar-refractivity contribution is 7.13. The molecule has 0 fully saturated rings. The molecule has 118 valence electrons. The number of carbonyl (C=O) groups excluding carboxylic acids is 1. The molecule has 1 aromatic carbocycles. The summed E-state index contributed by atoms with van der Waals surface area (Å²) in [7, 11) is 0. The minimum Gasteiger partial charge on any atom is -0.480 e. The van der Waals surface area contributed by atoms with Crippen molar-refractivity contribution in [2.45, 2.75) is 6.04 Å². The third-order valence-corrected chi connectivity index (χ3v) is 4.02. The third-order valence-electron chi connectivity index (χ3n) is 3.16.